The Morgan fingerprint density at radius 2 is 0.812 bits per heavy atom. The van der Waals surface area contributed by atoms with E-state index < -0.39 is 192 Å². The number of nitrogens with two attached hydrogens (primary N) is 1. The molecule has 0 aliphatic carbocycles. The van der Waals surface area contributed by atoms with E-state index in [9.17, 15) is 77.3 Å². The first-order valence-electron chi connectivity index (χ1n) is 21.1. The number of aliphatic hydroxyl groups is 3. The first-order valence-corrected chi connectivity index (χ1v) is 21.1. The molecule has 0 aromatic rings. The minimum atomic E-state index is -1.59. The van der Waals surface area contributed by atoms with Crippen LogP contribution in [0.4, 0.5) is 0 Å². The zero-order valence-corrected chi connectivity index (χ0v) is 37.1. The van der Waals surface area contributed by atoms with Gasteiger partial charge in [-0.1, -0.05) is 0 Å². The van der Waals surface area contributed by atoms with Crippen molar-refractivity contribution >= 4 is 82.8 Å². The topological polar surface area (TPSA) is 485 Å². The molecule has 0 radical (unpaired) electrons. The van der Waals surface area contributed by atoms with Gasteiger partial charge in [0.05, 0.1) is 78.7 Å². The van der Waals surface area contributed by atoms with E-state index in [1.807, 2.05) is 5.32 Å². The van der Waals surface area contributed by atoms with Gasteiger partial charge in [0, 0.05) is 13.1 Å². The Balaban J connectivity index is 1.63. The Kier molecular flexibility index (Phi) is 25.0. The number of amides is 13. The van der Waals surface area contributed by atoms with Gasteiger partial charge in [0.1, 0.15) is 30.2 Å². The summed E-state index contributed by atoms with van der Waals surface area (Å²) in [6.45, 7) is -7.88. The van der Waals surface area contributed by atoms with Gasteiger partial charge in [-0.05, 0) is 25.7 Å². The zero-order chi connectivity index (χ0) is 51.6. The van der Waals surface area contributed by atoms with Crippen molar-refractivity contribution in [2.45, 2.75) is 55.9 Å². The zero-order valence-electron chi connectivity index (χ0n) is 37.1. The molecule has 0 aromatic carbocycles. The number of carbonyl (C=O) groups excluding carboxylic acids is 13. The first kappa shape index (κ1) is 57.5. The largest absolute Gasteiger partial charge is 0.480 e. The summed E-state index contributed by atoms with van der Waals surface area (Å²) in [5, 5.41) is 61.1. The molecule has 2 fully saturated rings. The summed E-state index contributed by atoms with van der Waals surface area (Å²) in [4.78, 5) is 173. The molecule has 2 saturated heterocycles. The quantitative estimate of drug-likeness (QED) is 0.0346. The van der Waals surface area contributed by atoms with Crippen molar-refractivity contribution in [1.29, 1.82) is 0 Å². The number of aliphatic carboxylic acids is 1. The summed E-state index contributed by atoms with van der Waals surface area (Å²) in [6.07, 6.45) is 1.32. The van der Waals surface area contributed by atoms with Crippen LogP contribution in [0, 0.1) is 0 Å². The lowest BCUT2D eigenvalue weighted by Crippen LogP contribution is -2.56. The highest BCUT2D eigenvalue weighted by Crippen LogP contribution is 2.19. The molecule has 0 saturated carbocycles. The predicted octanol–water partition coefficient (Wildman–Crippen LogP) is -12.6. The summed E-state index contributed by atoms with van der Waals surface area (Å²) in [5.74, 6) is -12.1. The molecule has 17 N–H and O–H groups in total. The number of hydrogen-bond donors (Lipinski definition) is 16. The highest BCUT2D eigenvalue weighted by atomic mass is 16.4. The number of nitrogens with zero attached hydrogens (tertiary/aromatic N) is 2. The number of carbonyl (C=O) groups is 14. The predicted molar refractivity (Wildman–Crippen MR) is 227 cm³/mol. The molecule has 2 aliphatic heterocycles. The minimum absolute atomic E-state index is 0.147. The van der Waals surface area contributed by atoms with E-state index in [0.717, 1.165) is 9.80 Å². The summed E-state index contributed by atoms with van der Waals surface area (Å²) in [7, 11) is 0. The highest BCUT2D eigenvalue weighted by molar-refractivity contribution is 5.97. The van der Waals surface area contributed by atoms with Gasteiger partial charge >= 0.3 is 5.97 Å². The lowest BCUT2D eigenvalue weighted by Gasteiger charge is -2.27. The van der Waals surface area contributed by atoms with E-state index in [4.69, 9.17) is 15.9 Å². The molecule has 2 heterocycles. The van der Waals surface area contributed by atoms with Crippen LogP contribution in [0.25, 0.3) is 0 Å². The van der Waals surface area contributed by atoms with E-state index in [1.54, 1.807) is 0 Å². The molecule has 5 atom stereocenters. The molecule has 32 nitrogen and oxygen atoms in total. The van der Waals surface area contributed by atoms with Crippen molar-refractivity contribution in [3.05, 3.63) is 0 Å². The summed E-state index contributed by atoms with van der Waals surface area (Å²) in [5.41, 5.74) is 5.22. The average molecular weight is 987 g/mol. The van der Waals surface area contributed by atoms with Crippen LogP contribution in [0.3, 0.4) is 0 Å². The molecular formula is C37H58N14O18. The van der Waals surface area contributed by atoms with Gasteiger partial charge in [0.15, 0.2) is 0 Å². The number of nitrogens with one attached hydrogen (secondary N) is 11. The molecule has 0 aromatic heterocycles. The summed E-state index contributed by atoms with van der Waals surface area (Å²) >= 11 is 0. The lowest BCUT2D eigenvalue weighted by atomic mass is 10.2. The average Bonchev–Trinajstić information content (AvgIpc) is 4.04. The van der Waals surface area contributed by atoms with Crippen LogP contribution in [0.5, 0.6) is 0 Å². The van der Waals surface area contributed by atoms with Gasteiger partial charge in [-0.25, -0.2) is 4.79 Å². The van der Waals surface area contributed by atoms with Crippen LogP contribution < -0.4 is 64.2 Å². The van der Waals surface area contributed by atoms with Gasteiger partial charge in [0.2, 0.25) is 76.8 Å². The monoisotopic (exact) mass is 986 g/mol. The maximum Gasteiger partial charge on any atom is 0.328 e. The molecule has 0 spiro atoms. The van der Waals surface area contributed by atoms with Crippen LogP contribution in [-0.4, -0.2) is 235 Å². The van der Waals surface area contributed by atoms with Gasteiger partial charge in [-0.3, -0.25) is 62.3 Å². The van der Waals surface area contributed by atoms with E-state index in [-0.39, 0.29) is 25.9 Å². The molecule has 0 bridgehead atoms. The van der Waals surface area contributed by atoms with Crippen LogP contribution in [0.2, 0.25) is 0 Å². The molecule has 32 heteroatoms. The Hall–Kier alpha value is -7.58. The third kappa shape index (κ3) is 20.4. The highest BCUT2D eigenvalue weighted by Gasteiger charge is 2.38. The second-order valence-electron chi connectivity index (χ2n) is 14.9. The number of aliphatic hydroxyl groups excluding tert-OH is 3. The number of carboxylic acids is 1. The van der Waals surface area contributed by atoms with Gasteiger partial charge < -0.3 is 94.4 Å². The second-order valence-corrected chi connectivity index (χ2v) is 14.9. The van der Waals surface area contributed by atoms with Crippen molar-refractivity contribution in [3.8, 4) is 0 Å². The number of hydrogen-bond acceptors (Lipinski definition) is 18. The third-order valence-electron chi connectivity index (χ3n) is 9.86. The van der Waals surface area contributed by atoms with Crippen molar-refractivity contribution in [1.82, 2.24) is 68.3 Å². The van der Waals surface area contributed by atoms with E-state index in [1.165, 1.54) is 0 Å². The number of rotatable bonds is 28. The van der Waals surface area contributed by atoms with Crippen molar-refractivity contribution in [2.75, 3.05) is 91.8 Å². The van der Waals surface area contributed by atoms with E-state index in [2.05, 4.69) is 53.2 Å². The van der Waals surface area contributed by atoms with Gasteiger partial charge in [-0.2, -0.15) is 0 Å². The fourth-order valence-corrected chi connectivity index (χ4v) is 6.31. The van der Waals surface area contributed by atoms with Crippen molar-refractivity contribution in [3.63, 3.8) is 0 Å². The molecule has 69 heavy (non-hydrogen) atoms. The Labute approximate surface area is 391 Å². The van der Waals surface area contributed by atoms with Crippen LogP contribution in [-0.2, 0) is 67.1 Å². The Morgan fingerprint density at radius 3 is 1.26 bits per heavy atom. The number of likely N-dealkylation sites (tertiary alicyclic amines) is 2. The van der Waals surface area contributed by atoms with Gasteiger partial charge in [-0.15, -0.1) is 0 Å². The first-order chi connectivity index (χ1) is 32.7. The third-order valence-corrected chi connectivity index (χ3v) is 9.86. The normalized spacial score (nSPS) is 16.2. The summed E-state index contributed by atoms with van der Waals surface area (Å²) < 4.78 is 0. The molecular weight excluding hydrogens is 928 g/mol. The van der Waals surface area contributed by atoms with Crippen LogP contribution in [0.15, 0.2) is 0 Å². The number of carboxylic acid groups (broad SMARTS) is 1. The smallest absolute Gasteiger partial charge is 0.328 e. The fourth-order valence-electron chi connectivity index (χ4n) is 6.31. The summed E-state index contributed by atoms with van der Waals surface area (Å²) in [6, 6.07) is -6.48. The maximum absolute atomic E-state index is 12.8. The van der Waals surface area contributed by atoms with Crippen molar-refractivity contribution in [2.24, 2.45) is 5.73 Å². The van der Waals surface area contributed by atoms with Crippen LogP contribution >= 0.6 is 0 Å². The molecule has 0 unspecified atom stereocenters. The van der Waals surface area contributed by atoms with E-state index in [0.29, 0.717) is 12.8 Å². The van der Waals surface area contributed by atoms with E-state index >= 15 is 0 Å². The molecule has 2 aliphatic rings. The molecule has 13 amide bonds. The minimum Gasteiger partial charge on any atom is -0.480 e. The Morgan fingerprint density at radius 1 is 0.449 bits per heavy atom. The SMILES string of the molecule is NCC(=O)N[C@@H](CO)C(=O)N1CCC[C@H]1C(=O)NCC(=O)NCC(=O)NCC(=O)NCC(=O)N[C@@H](CO)C(=O)NCC(=O)NCC(=O)NCC(=O)N1CCC[C@H]1C(=O)NCC(=O)N[C@@H](CO)C(=O)O. The second kappa shape index (κ2) is 29.9. The van der Waals surface area contributed by atoms with Crippen molar-refractivity contribution < 1.29 is 87.5 Å². The van der Waals surface area contributed by atoms with Gasteiger partial charge in [0.25, 0.3) is 0 Å². The lowest BCUT2D eigenvalue weighted by molar-refractivity contribution is -0.143. The molecule has 384 valence electrons. The Bertz CT molecular complexity index is 1940. The molecule has 2 rings (SSSR count). The fraction of sp³-hybridized carbons (Fsp3) is 0.622. The van der Waals surface area contributed by atoms with Crippen LogP contribution in [0.1, 0.15) is 25.7 Å². The standard InChI is InChI=1S/C37H58N14O18/c38-7-24(55)48-20(17-53)36(67)51-6-2-4-23(51)35(66)45-12-29(60)40-8-25(56)39-9-26(57)42-13-30(61)47-19(16-52)33(64)44-11-28(59)41-10-27(58)43-15-32(63)50-5-1-3-22(50)34(65)46-14-31(62)49-21(18-54)37(68)69/h19-23,52-54H,1-18,38H2,(H,39,56)(H,40,60)(H,41,59)(H,42,57)(H,43,58)(H,44,64)(H,45,66)(H,46,65)(H,47,61)(H,48,55)(H,49,62)(H,68,69)/t19-,20-,21-,22-,23-/m0/s1. The maximum atomic E-state index is 12.8.